The number of aryl methyl sites for hydroxylation is 3. The molecule has 0 heterocycles. The molecule has 1 nitrogen and oxygen atoms in total. The van der Waals surface area contributed by atoms with Crippen molar-refractivity contribution in [3.8, 4) is 5.75 Å². The SMILES string of the molecule is CCCCCCCOc1cc(F)c(CCc2ccc3c(F)c(CCc4cc(F)c(F)c(F)c4)ccc3c2)c(F)c1. The van der Waals surface area contributed by atoms with Crippen LogP contribution in [-0.4, -0.2) is 6.61 Å². The Bertz CT molecular complexity index is 1420. The summed E-state index contributed by atoms with van der Waals surface area (Å²) in [5, 5.41) is 0.993. The van der Waals surface area contributed by atoms with Crippen molar-refractivity contribution in [2.75, 3.05) is 6.61 Å². The van der Waals surface area contributed by atoms with Crippen LogP contribution < -0.4 is 4.74 Å². The summed E-state index contributed by atoms with van der Waals surface area (Å²) in [6.45, 7) is 2.55. The molecule has 0 aromatic heterocycles. The molecule has 212 valence electrons. The molecule has 4 aromatic rings. The fourth-order valence-electron chi connectivity index (χ4n) is 4.83. The zero-order chi connectivity index (χ0) is 28.6. The molecule has 0 atom stereocenters. The van der Waals surface area contributed by atoms with Gasteiger partial charge >= 0.3 is 0 Å². The Labute approximate surface area is 230 Å². The average molecular weight is 559 g/mol. The Balaban J connectivity index is 1.37. The molecule has 7 heteroatoms. The van der Waals surface area contributed by atoms with Gasteiger partial charge in [-0.1, -0.05) is 62.9 Å². The summed E-state index contributed by atoms with van der Waals surface area (Å²) in [4.78, 5) is 0. The van der Waals surface area contributed by atoms with Gasteiger partial charge in [0.2, 0.25) is 0 Å². The fraction of sp³-hybridized carbons (Fsp3) is 0.333. The van der Waals surface area contributed by atoms with Crippen LogP contribution in [0.4, 0.5) is 26.3 Å². The standard InChI is InChI=1S/C33H32F6O/c1-2-3-4-5-6-15-40-25-19-28(34)27(29(35)20-25)14-9-21-8-13-26-24(16-21)12-11-23(32(26)38)10-7-22-17-30(36)33(39)31(37)18-22/h8,11-13,16-20H,2-7,9-10,14-15H2,1H3. The first-order valence-electron chi connectivity index (χ1n) is 13.7. The number of hydrogen-bond acceptors (Lipinski definition) is 1. The highest BCUT2D eigenvalue weighted by Gasteiger charge is 2.15. The van der Waals surface area contributed by atoms with Crippen molar-refractivity contribution in [3.05, 3.63) is 112 Å². The van der Waals surface area contributed by atoms with E-state index >= 15 is 4.39 Å². The lowest BCUT2D eigenvalue weighted by molar-refractivity contribution is 0.301. The summed E-state index contributed by atoms with van der Waals surface area (Å²) in [6.07, 6.45) is 6.07. The van der Waals surface area contributed by atoms with Crippen LogP contribution >= 0.6 is 0 Å². The van der Waals surface area contributed by atoms with Gasteiger partial charge in [0.25, 0.3) is 0 Å². The van der Waals surface area contributed by atoms with E-state index in [0.717, 1.165) is 49.8 Å². The third-order valence-corrected chi connectivity index (χ3v) is 7.12. The second-order valence-electron chi connectivity index (χ2n) is 10.1. The maximum atomic E-state index is 15.2. The first-order chi connectivity index (χ1) is 19.3. The third-order valence-electron chi connectivity index (χ3n) is 7.12. The lowest BCUT2D eigenvalue weighted by Crippen LogP contribution is -2.03. The Morgan fingerprint density at radius 1 is 0.575 bits per heavy atom. The largest absolute Gasteiger partial charge is 0.493 e. The van der Waals surface area contributed by atoms with Crippen LogP contribution in [0.5, 0.6) is 5.75 Å². The van der Waals surface area contributed by atoms with Crippen molar-refractivity contribution in [3.63, 3.8) is 0 Å². The molecule has 0 radical (unpaired) electrons. The Morgan fingerprint density at radius 2 is 1.25 bits per heavy atom. The minimum Gasteiger partial charge on any atom is -0.493 e. The molecule has 0 amide bonds. The van der Waals surface area contributed by atoms with Crippen molar-refractivity contribution >= 4 is 10.8 Å². The maximum Gasteiger partial charge on any atom is 0.194 e. The molecule has 0 spiro atoms. The van der Waals surface area contributed by atoms with Crippen LogP contribution in [0.15, 0.2) is 54.6 Å². The highest BCUT2D eigenvalue weighted by atomic mass is 19.2. The normalized spacial score (nSPS) is 11.4. The smallest absolute Gasteiger partial charge is 0.194 e. The minimum atomic E-state index is -1.53. The van der Waals surface area contributed by atoms with Gasteiger partial charge in [0.05, 0.1) is 6.61 Å². The van der Waals surface area contributed by atoms with Crippen molar-refractivity contribution in [1.29, 1.82) is 0 Å². The highest BCUT2D eigenvalue weighted by molar-refractivity contribution is 5.84. The highest BCUT2D eigenvalue weighted by Crippen LogP contribution is 2.26. The van der Waals surface area contributed by atoms with Crippen LogP contribution in [0.25, 0.3) is 10.8 Å². The molecule has 0 unspecified atom stereocenters. The van der Waals surface area contributed by atoms with Crippen LogP contribution in [-0.2, 0) is 25.7 Å². The van der Waals surface area contributed by atoms with Crippen LogP contribution in [0.2, 0.25) is 0 Å². The van der Waals surface area contributed by atoms with Gasteiger partial charge in [-0.25, -0.2) is 26.3 Å². The summed E-state index contributed by atoms with van der Waals surface area (Å²) < 4.78 is 90.2. The summed E-state index contributed by atoms with van der Waals surface area (Å²) in [6, 6.07) is 12.7. The lowest BCUT2D eigenvalue weighted by atomic mass is 9.97. The van der Waals surface area contributed by atoms with E-state index in [1.165, 1.54) is 12.1 Å². The topological polar surface area (TPSA) is 9.23 Å². The number of halogens is 6. The number of unbranched alkanes of at least 4 members (excludes halogenated alkanes) is 4. The van der Waals surface area contributed by atoms with E-state index in [1.807, 2.05) is 0 Å². The molecule has 0 aliphatic heterocycles. The van der Waals surface area contributed by atoms with Crippen LogP contribution in [0.3, 0.4) is 0 Å². The monoisotopic (exact) mass is 558 g/mol. The first-order valence-corrected chi connectivity index (χ1v) is 13.7. The predicted octanol–water partition coefficient (Wildman–Crippen LogP) is 9.59. The van der Waals surface area contributed by atoms with Crippen molar-refractivity contribution in [1.82, 2.24) is 0 Å². The number of ether oxygens (including phenoxy) is 1. The fourth-order valence-corrected chi connectivity index (χ4v) is 4.83. The molecule has 4 rings (SSSR count). The van der Waals surface area contributed by atoms with Gasteiger partial charge in [-0.15, -0.1) is 0 Å². The van der Waals surface area contributed by atoms with Gasteiger partial charge in [0, 0.05) is 23.1 Å². The first kappa shape index (κ1) is 29.5. The quantitative estimate of drug-likeness (QED) is 0.0902. The van der Waals surface area contributed by atoms with E-state index in [1.54, 1.807) is 30.3 Å². The minimum absolute atomic E-state index is 0.0226. The molecule has 0 saturated carbocycles. The van der Waals surface area contributed by atoms with E-state index in [-0.39, 0.29) is 36.1 Å². The molecule has 40 heavy (non-hydrogen) atoms. The van der Waals surface area contributed by atoms with Gasteiger partial charge in [0.15, 0.2) is 17.5 Å². The van der Waals surface area contributed by atoms with Gasteiger partial charge in [-0.2, -0.15) is 0 Å². The zero-order valence-electron chi connectivity index (χ0n) is 22.4. The van der Waals surface area contributed by atoms with E-state index in [2.05, 4.69) is 6.92 Å². The lowest BCUT2D eigenvalue weighted by Gasteiger charge is -2.11. The predicted molar refractivity (Wildman–Crippen MR) is 146 cm³/mol. The molecule has 0 N–H and O–H groups in total. The molecule has 0 aliphatic rings. The molecule has 0 bridgehead atoms. The summed E-state index contributed by atoms with van der Waals surface area (Å²) in [5.41, 5.74) is 1.36. The second kappa shape index (κ2) is 13.7. The van der Waals surface area contributed by atoms with Crippen molar-refractivity contribution in [2.24, 2.45) is 0 Å². The summed E-state index contributed by atoms with van der Waals surface area (Å²) >= 11 is 0. The number of rotatable bonds is 13. The summed E-state index contributed by atoms with van der Waals surface area (Å²) in [5.74, 6) is -5.67. The maximum absolute atomic E-state index is 15.2. The Kier molecular flexibility index (Phi) is 10.1. The zero-order valence-corrected chi connectivity index (χ0v) is 22.4. The van der Waals surface area contributed by atoms with E-state index in [0.29, 0.717) is 29.4 Å². The van der Waals surface area contributed by atoms with Gasteiger partial charge < -0.3 is 4.74 Å². The van der Waals surface area contributed by atoms with Gasteiger partial charge in [0.1, 0.15) is 23.2 Å². The van der Waals surface area contributed by atoms with Gasteiger partial charge in [-0.05, 0) is 66.3 Å². The van der Waals surface area contributed by atoms with E-state index < -0.39 is 34.9 Å². The molecule has 0 saturated heterocycles. The van der Waals surface area contributed by atoms with Crippen molar-refractivity contribution in [2.45, 2.75) is 64.7 Å². The third kappa shape index (κ3) is 7.38. The Hall–Kier alpha value is -3.48. The van der Waals surface area contributed by atoms with Crippen LogP contribution in [0.1, 0.15) is 61.3 Å². The van der Waals surface area contributed by atoms with E-state index in [9.17, 15) is 22.0 Å². The molecule has 4 aromatic carbocycles. The van der Waals surface area contributed by atoms with E-state index in [4.69, 9.17) is 4.74 Å². The van der Waals surface area contributed by atoms with Crippen LogP contribution in [0, 0.1) is 34.9 Å². The number of benzene rings is 4. The molecule has 0 aliphatic carbocycles. The number of hydrogen-bond donors (Lipinski definition) is 0. The van der Waals surface area contributed by atoms with Gasteiger partial charge in [-0.3, -0.25) is 0 Å². The second-order valence-corrected chi connectivity index (χ2v) is 10.1. The molecular formula is C33H32F6O. The summed E-state index contributed by atoms with van der Waals surface area (Å²) in [7, 11) is 0. The molecule has 0 fully saturated rings. The molecular weight excluding hydrogens is 526 g/mol. The average Bonchev–Trinajstić information content (AvgIpc) is 2.92. The Morgan fingerprint density at radius 3 is 1.95 bits per heavy atom. The van der Waals surface area contributed by atoms with Crippen molar-refractivity contribution < 1.29 is 31.1 Å². The number of fused-ring (bicyclic) bond motifs is 1.